The zero-order valence-corrected chi connectivity index (χ0v) is 9.15. The van der Waals surface area contributed by atoms with Crippen LogP contribution in [0, 0.1) is 5.92 Å². The quantitative estimate of drug-likeness (QED) is 0.768. The first-order valence-corrected chi connectivity index (χ1v) is 5.96. The van der Waals surface area contributed by atoms with Gasteiger partial charge in [-0.15, -0.1) is 0 Å². The fourth-order valence-electron chi connectivity index (χ4n) is 2.80. The molecule has 2 aliphatic rings. The smallest absolute Gasteiger partial charge is 0.410 e. The Kier molecular flexibility index (Phi) is 3.46. The lowest BCUT2D eigenvalue weighted by molar-refractivity contribution is 0.126. The van der Waals surface area contributed by atoms with E-state index in [9.17, 15) is 4.79 Å². The molecule has 4 heteroatoms. The van der Waals surface area contributed by atoms with Crippen LogP contribution in [0.5, 0.6) is 0 Å². The highest BCUT2D eigenvalue weighted by Gasteiger charge is 2.34. The van der Waals surface area contributed by atoms with Gasteiger partial charge in [-0.2, -0.15) is 0 Å². The molecule has 2 fully saturated rings. The number of nitrogens with two attached hydrogens (primary N) is 1. The van der Waals surface area contributed by atoms with Gasteiger partial charge < -0.3 is 15.4 Å². The number of hydrogen-bond donors (Lipinski definition) is 1. The molecule has 1 saturated carbocycles. The average Bonchev–Trinajstić information content (AvgIpc) is 2.68. The standard InChI is InChI=1S/C11H20N2O2/c12-8-10(9-4-2-1-3-5-9)13-6-7-15-11(13)14/h9-10H,1-8,12H2. The molecule has 0 radical (unpaired) electrons. The highest BCUT2D eigenvalue weighted by atomic mass is 16.6. The van der Waals surface area contributed by atoms with Crippen molar-refractivity contribution in [3.05, 3.63) is 0 Å². The molecule has 1 heterocycles. The molecule has 1 saturated heterocycles. The van der Waals surface area contributed by atoms with Crippen LogP contribution in [0.2, 0.25) is 0 Å². The van der Waals surface area contributed by atoms with Gasteiger partial charge in [0.15, 0.2) is 0 Å². The summed E-state index contributed by atoms with van der Waals surface area (Å²) in [5.74, 6) is 0.592. The predicted octanol–water partition coefficient (Wildman–Crippen LogP) is 1.35. The van der Waals surface area contributed by atoms with Crippen molar-refractivity contribution in [2.24, 2.45) is 11.7 Å². The normalized spacial score (nSPS) is 25.4. The van der Waals surface area contributed by atoms with Crippen LogP contribution in [-0.4, -0.2) is 36.7 Å². The van der Waals surface area contributed by atoms with Gasteiger partial charge >= 0.3 is 6.09 Å². The molecule has 1 aliphatic carbocycles. The van der Waals surface area contributed by atoms with Crippen molar-refractivity contribution >= 4 is 6.09 Å². The molecule has 15 heavy (non-hydrogen) atoms. The van der Waals surface area contributed by atoms with Gasteiger partial charge in [-0.3, -0.25) is 0 Å². The molecule has 1 aliphatic heterocycles. The third-order valence-corrected chi connectivity index (χ3v) is 3.63. The Labute approximate surface area is 90.8 Å². The average molecular weight is 212 g/mol. The molecule has 2 rings (SSSR count). The zero-order chi connectivity index (χ0) is 10.7. The number of hydrogen-bond acceptors (Lipinski definition) is 3. The molecule has 1 unspecified atom stereocenters. The van der Waals surface area contributed by atoms with Gasteiger partial charge in [-0.1, -0.05) is 19.3 Å². The minimum Gasteiger partial charge on any atom is -0.448 e. The number of rotatable bonds is 3. The van der Waals surface area contributed by atoms with E-state index in [1.165, 1.54) is 32.1 Å². The molecule has 0 bridgehead atoms. The Morgan fingerprint density at radius 3 is 2.67 bits per heavy atom. The predicted molar refractivity (Wildman–Crippen MR) is 57.5 cm³/mol. The van der Waals surface area contributed by atoms with E-state index < -0.39 is 0 Å². The highest BCUT2D eigenvalue weighted by molar-refractivity contribution is 5.69. The lowest BCUT2D eigenvalue weighted by Crippen LogP contribution is -2.46. The van der Waals surface area contributed by atoms with Crippen LogP contribution in [0.3, 0.4) is 0 Å². The summed E-state index contributed by atoms with van der Waals surface area (Å²) in [4.78, 5) is 13.3. The van der Waals surface area contributed by atoms with E-state index in [0.29, 0.717) is 19.1 Å². The maximum atomic E-state index is 11.5. The van der Waals surface area contributed by atoms with E-state index in [1.54, 1.807) is 0 Å². The lowest BCUT2D eigenvalue weighted by atomic mass is 9.83. The van der Waals surface area contributed by atoms with Crippen molar-refractivity contribution < 1.29 is 9.53 Å². The summed E-state index contributed by atoms with van der Waals surface area (Å²) in [5.41, 5.74) is 5.80. The SMILES string of the molecule is NCC(C1CCCCC1)N1CCOC1=O. The number of carbonyl (C=O) groups excluding carboxylic acids is 1. The third-order valence-electron chi connectivity index (χ3n) is 3.63. The van der Waals surface area contributed by atoms with E-state index >= 15 is 0 Å². The van der Waals surface area contributed by atoms with Crippen molar-refractivity contribution in [3.63, 3.8) is 0 Å². The van der Waals surface area contributed by atoms with Crippen LogP contribution in [-0.2, 0) is 4.74 Å². The first-order chi connectivity index (χ1) is 7.33. The van der Waals surface area contributed by atoms with Gasteiger partial charge in [0, 0.05) is 6.54 Å². The first kappa shape index (κ1) is 10.7. The van der Waals surface area contributed by atoms with Crippen molar-refractivity contribution in [1.82, 2.24) is 4.90 Å². The Balaban J connectivity index is 1.98. The second kappa shape index (κ2) is 4.84. The molecular formula is C11H20N2O2. The summed E-state index contributed by atoms with van der Waals surface area (Å²) in [6, 6.07) is 0.209. The van der Waals surface area contributed by atoms with E-state index in [0.717, 1.165) is 6.54 Å². The van der Waals surface area contributed by atoms with Crippen LogP contribution in [0.25, 0.3) is 0 Å². The van der Waals surface area contributed by atoms with E-state index in [2.05, 4.69) is 0 Å². The molecule has 86 valence electrons. The summed E-state index contributed by atoms with van der Waals surface area (Å²) in [6.07, 6.45) is 6.15. The van der Waals surface area contributed by atoms with Crippen LogP contribution < -0.4 is 5.73 Å². The van der Waals surface area contributed by atoms with Gasteiger partial charge in [0.05, 0.1) is 12.6 Å². The molecule has 4 nitrogen and oxygen atoms in total. The second-order valence-electron chi connectivity index (χ2n) is 4.51. The van der Waals surface area contributed by atoms with Crippen molar-refractivity contribution in [1.29, 1.82) is 0 Å². The molecule has 0 aromatic rings. The summed E-state index contributed by atoms with van der Waals surface area (Å²) < 4.78 is 4.97. The molecular weight excluding hydrogens is 192 g/mol. The molecule has 0 aromatic heterocycles. The van der Waals surface area contributed by atoms with Gasteiger partial charge in [0.1, 0.15) is 6.61 Å². The fraction of sp³-hybridized carbons (Fsp3) is 0.909. The van der Waals surface area contributed by atoms with Gasteiger partial charge in [0.2, 0.25) is 0 Å². The van der Waals surface area contributed by atoms with Crippen molar-refractivity contribution in [2.45, 2.75) is 38.1 Å². The molecule has 2 N–H and O–H groups in total. The number of carbonyl (C=O) groups is 1. The van der Waals surface area contributed by atoms with Gasteiger partial charge in [-0.25, -0.2) is 4.79 Å². The molecule has 0 aromatic carbocycles. The maximum Gasteiger partial charge on any atom is 0.410 e. The molecule has 0 spiro atoms. The number of cyclic esters (lactones) is 1. The van der Waals surface area contributed by atoms with Crippen molar-refractivity contribution in [2.75, 3.05) is 19.7 Å². The maximum absolute atomic E-state index is 11.5. The first-order valence-electron chi connectivity index (χ1n) is 5.96. The monoisotopic (exact) mass is 212 g/mol. The molecule has 1 amide bonds. The minimum atomic E-state index is -0.170. The lowest BCUT2D eigenvalue weighted by Gasteiger charge is -2.34. The summed E-state index contributed by atoms with van der Waals surface area (Å²) in [6.45, 7) is 1.82. The van der Waals surface area contributed by atoms with E-state index in [-0.39, 0.29) is 12.1 Å². The second-order valence-corrected chi connectivity index (χ2v) is 4.51. The Morgan fingerprint density at radius 1 is 1.40 bits per heavy atom. The van der Waals surface area contributed by atoms with Crippen LogP contribution in [0.15, 0.2) is 0 Å². The molecule has 1 atom stereocenters. The van der Waals surface area contributed by atoms with Crippen LogP contribution in [0.1, 0.15) is 32.1 Å². The number of ether oxygens (including phenoxy) is 1. The Morgan fingerprint density at radius 2 is 2.13 bits per heavy atom. The van der Waals surface area contributed by atoms with Gasteiger partial charge in [-0.05, 0) is 18.8 Å². The minimum absolute atomic E-state index is 0.170. The summed E-state index contributed by atoms with van der Waals surface area (Å²) >= 11 is 0. The number of nitrogens with zero attached hydrogens (tertiary/aromatic N) is 1. The third kappa shape index (κ3) is 2.25. The topological polar surface area (TPSA) is 55.6 Å². The van der Waals surface area contributed by atoms with E-state index in [1.807, 2.05) is 4.90 Å². The summed E-state index contributed by atoms with van der Waals surface area (Å²) in [7, 11) is 0. The largest absolute Gasteiger partial charge is 0.448 e. The summed E-state index contributed by atoms with van der Waals surface area (Å²) in [5, 5.41) is 0. The van der Waals surface area contributed by atoms with Crippen LogP contribution >= 0.6 is 0 Å². The van der Waals surface area contributed by atoms with Crippen molar-refractivity contribution in [3.8, 4) is 0 Å². The fourth-order valence-corrected chi connectivity index (χ4v) is 2.80. The highest BCUT2D eigenvalue weighted by Crippen LogP contribution is 2.29. The zero-order valence-electron chi connectivity index (χ0n) is 9.15. The van der Waals surface area contributed by atoms with Crippen LogP contribution in [0.4, 0.5) is 4.79 Å². The Bertz CT molecular complexity index is 227. The Hall–Kier alpha value is -0.770. The van der Waals surface area contributed by atoms with E-state index in [4.69, 9.17) is 10.5 Å². The van der Waals surface area contributed by atoms with Gasteiger partial charge in [0.25, 0.3) is 0 Å². The number of amides is 1.